The van der Waals surface area contributed by atoms with Gasteiger partial charge in [-0.05, 0) is 54.4 Å². The van der Waals surface area contributed by atoms with Crippen molar-refractivity contribution in [2.75, 3.05) is 17.2 Å². The average molecular weight is 389 g/mol. The molecule has 2 aromatic carbocycles. The molecule has 0 aliphatic rings. The molecule has 2 N–H and O–H groups in total. The zero-order chi connectivity index (χ0) is 19.2. The van der Waals surface area contributed by atoms with E-state index in [4.69, 9.17) is 11.6 Å². The van der Waals surface area contributed by atoms with E-state index in [1.54, 1.807) is 18.2 Å². The molecule has 5 nitrogen and oxygen atoms in total. The van der Waals surface area contributed by atoms with Crippen LogP contribution in [0.4, 0.5) is 20.3 Å². The quantitative estimate of drug-likeness (QED) is 0.660. The second-order valence-corrected chi connectivity index (χ2v) is 6.10. The number of hydrogen-bond donors (Lipinski definition) is 2. The van der Waals surface area contributed by atoms with Crippen molar-refractivity contribution in [2.45, 2.75) is 6.42 Å². The minimum absolute atomic E-state index is 0.0837. The van der Waals surface area contributed by atoms with Gasteiger partial charge in [0.05, 0.1) is 5.02 Å². The zero-order valence-corrected chi connectivity index (χ0v) is 14.8. The Morgan fingerprint density at radius 3 is 2.44 bits per heavy atom. The average Bonchev–Trinajstić information content (AvgIpc) is 2.67. The molecule has 0 aliphatic heterocycles. The first-order valence-corrected chi connectivity index (χ1v) is 8.47. The van der Waals surface area contributed by atoms with E-state index in [1.165, 1.54) is 30.3 Å². The van der Waals surface area contributed by atoms with Crippen LogP contribution in [-0.2, 0) is 6.42 Å². The maximum Gasteiger partial charge on any atom is 0.276 e. The van der Waals surface area contributed by atoms with Gasteiger partial charge < -0.3 is 10.6 Å². The van der Waals surface area contributed by atoms with Crippen LogP contribution in [0.2, 0.25) is 5.02 Å². The Kier molecular flexibility index (Phi) is 5.93. The standard InChI is InChI=1S/C19H15ClF2N4O/c20-15-11-14(5-6-16(15)22)24-19(27)17-7-8-18(26-25-17)23-10-9-12-1-3-13(21)4-2-12/h1-8,11H,9-10H2,(H,23,26)(H,24,27). The highest BCUT2D eigenvalue weighted by molar-refractivity contribution is 6.31. The van der Waals surface area contributed by atoms with Crippen LogP contribution in [0.3, 0.4) is 0 Å². The van der Waals surface area contributed by atoms with E-state index in [1.807, 2.05) is 0 Å². The van der Waals surface area contributed by atoms with Gasteiger partial charge in [0.1, 0.15) is 17.5 Å². The van der Waals surface area contributed by atoms with Crippen LogP contribution in [0.25, 0.3) is 0 Å². The fourth-order valence-corrected chi connectivity index (χ4v) is 2.48. The summed E-state index contributed by atoms with van der Waals surface area (Å²) in [4.78, 5) is 12.1. The van der Waals surface area contributed by atoms with Crippen molar-refractivity contribution in [3.8, 4) is 0 Å². The van der Waals surface area contributed by atoms with Crippen molar-refractivity contribution in [3.63, 3.8) is 0 Å². The topological polar surface area (TPSA) is 66.9 Å². The predicted octanol–water partition coefficient (Wildman–Crippen LogP) is 4.32. The zero-order valence-electron chi connectivity index (χ0n) is 14.0. The van der Waals surface area contributed by atoms with Crippen LogP contribution < -0.4 is 10.6 Å². The molecule has 0 fully saturated rings. The van der Waals surface area contributed by atoms with Crippen molar-refractivity contribution in [3.05, 3.63) is 82.5 Å². The molecular weight excluding hydrogens is 374 g/mol. The second kappa shape index (κ2) is 8.55. The molecule has 8 heteroatoms. The Hall–Kier alpha value is -3.06. The summed E-state index contributed by atoms with van der Waals surface area (Å²) in [7, 11) is 0. The Balaban J connectivity index is 1.53. The molecule has 0 spiro atoms. The lowest BCUT2D eigenvalue weighted by atomic mass is 10.1. The number of hydrogen-bond acceptors (Lipinski definition) is 4. The fourth-order valence-electron chi connectivity index (χ4n) is 2.30. The second-order valence-electron chi connectivity index (χ2n) is 5.69. The molecule has 3 aromatic rings. The minimum atomic E-state index is -0.564. The molecule has 0 saturated heterocycles. The number of rotatable bonds is 6. The third-order valence-electron chi connectivity index (χ3n) is 3.71. The van der Waals surface area contributed by atoms with Crippen molar-refractivity contribution in [2.24, 2.45) is 0 Å². The minimum Gasteiger partial charge on any atom is -0.368 e. The lowest BCUT2D eigenvalue weighted by Gasteiger charge is -2.07. The molecule has 0 unspecified atom stereocenters. The number of nitrogens with one attached hydrogen (secondary N) is 2. The molecule has 0 atom stereocenters. The molecule has 27 heavy (non-hydrogen) atoms. The molecule has 0 bridgehead atoms. The molecule has 1 heterocycles. The van der Waals surface area contributed by atoms with E-state index in [9.17, 15) is 13.6 Å². The number of halogens is 3. The summed E-state index contributed by atoms with van der Waals surface area (Å²) in [6.07, 6.45) is 0.690. The number of carbonyl (C=O) groups excluding carboxylic acids is 1. The molecular formula is C19H15ClF2N4O. The summed E-state index contributed by atoms with van der Waals surface area (Å²) in [6.45, 7) is 0.583. The van der Waals surface area contributed by atoms with Gasteiger partial charge in [0.25, 0.3) is 5.91 Å². The van der Waals surface area contributed by atoms with Crippen LogP contribution >= 0.6 is 11.6 Å². The molecule has 0 radical (unpaired) electrons. The Morgan fingerprint density at radius 2 is 1.78 bits per heavy atom. The smallest absolute Gasteiger partial charge is 0.276 e. The normalized spacial score (nSPS) is 10.5. The van der Waals surface area contributed by atoms with Gasteiger partial charge >= 0.3 is 0 Å². The van der Waals surface area contributed by atoms with Crippen LogP contribution in [-0.4, -0.2) is 22.6 Å². The molecule has 0 saturated carbocycles. The summed E-state index contributed by atoms with van der Waals surface area (Å²) in [5.74, 6) is -0.804. The molecule has 1 aromatic heterocycles. The van der Waals surface area contributed by atoms with Gasteiger partial charge in [0, 0.05) is 12.2 Å². The molecule has 1 amide bonds. The van der Waals surface area contributed by atoms with Gasteiger partial charge in [-0.3, -0.25) is 4.79 Å². The Bertz CT molecular complexity index is 933. The monoisotopic (exact) mass is 388 g/mol. The lowest BCUT2D eigenvalue weighted by Crippen LogP contribution is -2.15. The number of nitrogens with zero attached hydrogens (tertiary/aromatic N) is 2. The maximum absolute atomic E-state index is 13.1. The van der Waals surface area contributed by atoms with Gasteiger partial charge in [-0.25, -0.2) is 8.78 Å². The highest BCUT2D eigenvalue weighted by atomic mass is 35.5. The summed E-state index contributed by atoms with van der Waals surface area (Å²) in [6, 6.07) is 13.3. The summed E-state index contributed by atoms with van der Waals surface area (Å²) < 4.78 is 26.0. The number of carbonyl (C=O) groups is 1. The molecule has 3 rings (SSSR count). The number of aromatic nitrogens is 2. The lowest BCUT2D eigenvalue weighted by molar-refractivity contribution is 0.102. The predicted molar refractivity (Wildman–Crippen MR) is 100.0 cm³/mol. The maximum atomic E-state index is 13.1. The van der Waals surface area contributed by atoms with E-state index < -0.39 is 11.7 Å². The highest BCUT2D eigenvalue weighted by Gasteiger charge is 2.10. The summed E-state index contributed by atoms with van der Waals surface area (Å²) in [5, 5.41) is 13.4. The number of anilines is 2. The van der Waals surface area contributed by atoms with E-state index in [2.05, 4.69) is 20.8 Å². The first-order valence-electron chi connectivity index (χ1n) is 8.10. The molecule has 0 aliphatic carbocycles. The first-order chi connectivity index (χ1) is 13.0. The molecule has 138 valence electrons. The van der Waals surface area contributed by atoms with Gasteiger partial charge in [-0.2, -0.15) is 0 Å². The van der Waals surface area contributed by atoms with Gasteiger partial charge in [-0.15, -0.1) is 10.2 Å². The Morgan fingerprint density at radius 1 is 1.00 bits per heavy atom. The summed E-state index contributed by atoms with van der Waals surface area (Å²) in [5.41, 5.74) is 1.46. The van der Waals surface area contributed by atoms with E-state index in [0.717, 1.165) is 11.6 Å². The van der Waals surface area contributed by atoms with E-state index >= 15 is 0 Å². The van der Waals surface area contributed by atoms with E-state index in [0.29, 0.717) is 24.5 Å². The fraction of sp³-hybridized carbons (Fsp3) is 0.105. The third-order valence-corrected chi connectivity index (χ3v) is 4.00. The van der Waals surface area contributed by atoms with Crippen LogP contribution in [0.1, 0.15) is 16.1 Å². The Labute approximate surface area is 159 Å². The van der Waals surface area contributed by atoms with Gasteiger partial charge in [-0.1, -0.05) is 23.7 Å². The SMILES string of the molecule is O=C(Nc1ccc(F)c(Cl)c1)c1ccc(NCCc2ccc(F)cc2)nn1. The van der Waals surface area contributed by atoms with Crippen LogP contribution in [0.15, 0.2) is 54.6 Å². The third kappa shape index (κ3) is 5.21. The largest absolute Gasteiger partial charge is 0.368 e. The van der Waals surface area contributed by atoms with Crippen molar-refractivity contribution in [1.29, 1.82) is 0 Å². The van der Waals surface area contributed by atoms with Gasteiger partial charge in [0.15, 0.2) is 5.69 Å². The van der Waals surface area contributed by atoms with Crippen LogP contribution in [0.5, 0.6) is 0 Å². The van der Waals surface area contributed by atoms with Crippen LogP contribution in [0, 0.1) is 11.6 Å². The summed E-state index contributed by atoms with van der Waals surface area (Å²) >= 11 is 5.68. The van der Waals surface area contributed by atoms with Crippen molar-refractivity contribution < 1.29 is 13.6 Å². The highest BCUT2D eigenvalue weighted by Crippen LogP contribution is 2.19. The number of amides is 1. The number of benzene rings is 2. The first kappa shape index (κ1) is 18.7. The van der Waals surface area contributed by atoms with Crippen molar-refractivity contribution >= 4 is 29.0 Å². The van der Waals surface area contributed by atoms with Crippen molar-refractivity contribution in [1.82, 2.24) is 10.2 Å². The van der Waals surface area contributed by atoms with Gasteiger partial charge in [0.2, 0.25) is 0 Å². The van der Waals surface area contributed by atoms with E-state index in [-0.39, 0.29) is 16.5 Å².